The first kappa shape index (κ1) is 10.9. The minimum atomic E-state index is 0. The van der Waals surface area contributed by atoms with Crippen molar-refractivity contribution in [2.24, 2.45) is 0 Å². The average Bonchev–Trinajstić information content (AvgIpc) is 2.55. The topological polar surface area (TPSA) is 0 Å². The molecule has 0 radical (unpaired) electrons. The Balaban J connectivity index is 0.000000853. The molecule has 0 bridgehead atoms. The van der Waals surface area contributed by atoms with E-state index in [4.69, 9.17) is 0 Å². The van der Waals surface area contributed by atoms with Crippen LogP contribution in [-0.2, 0) is 0 Å². The summed E-state index contributed by atoms with van der Waals surface area (Å²) in [5.74, 6) is 0. The number of halogens is 2. The minimum absolute atomic E-state index is 0. The van der Waals surface area contributed by atoms with Gasteiger partial charge in [-0.05, 0) is 22.3 Å². The van der Waals surface area contributed by atoms with Crippen LogP contribution in [-0.4, -0.2) is 0 Å². The summed E-state index contributed by atoms with van der Waals surface area (Å²) in [6.45, 7) is 0. The van der Waals surface area contributed by atoms with Crippen molar-refractivity contribution in [1.82, 2.24) is 0 Å². The highest BCUT2D eigenvalue weighted by Crippen LogP contribution is 2.47. The summed E-state index contributed by atoms with van der Waals surface area (Å²) in [6.07, 6.45) is 0. The van der Waals surface area contributed by atoms with Gasteiger partial charge in [-0.3, -0.25) is 0 Å². The fourth-order valence-electron chi connectivity index (χ4n) is 2.09. The first-order chi connectivity index (χ1) is 6.88. The van der Waals surface area contributed by atoms with Gasteiger partial charge in [0.05, 0.1) is 4.83 Å². The first-order valence-electron chi connectivity index (χ1n) is 4.70. The van der Waals surface area contributed by atoms with Crippen LogP contribution in [0.15, 0.2) is 48.5 Å². The molecule has 0 aliphatic heterocycles. The molecule has 0 heterocycles. The van der Waals surface area contributed by atoms with Gasteiger partial charge in [0.25, 0.3) is 0 Å². The van der Waals surface area contributed by atoms with E-state index in [2.05, 4.69) is 64.5 Å². The third-order valence-electron chi connectivity index (χ3n) is 2.76. The Morgan fingerprint density at radius 3 is 1.60 bits per heavy atom. The molecule has 0 nitrogen and oxygen atoms in total. The van der Waals surface area contributed by atoms with E-state index in [9.17, 15) is 0 Å². The van der Waals surface area contributed by atoms with Crippen molar-refractivity contribution in [1.29, 1.82) is 0 Å². The van der Waals surface area contributed by atoms with Crippen LogP contribution in [0.5, 0.6) is 0 Å². The highest BCUT2D eigenvalue weighted by atomic mass is 79.9. The summed E-state index contributed by atoms with van der Waals surface area (Å²) in [5.41, 5.74) is 5.50. The van der Waals surface area contributed by atoms with Gasteiger partial charge < -0.3 is 0 Å². The van der Waals surface area contributed by atoms with Crippen LogP contribution in [0.1, 0.15) is 16.0 Å². The van der Waals surface area contributed by atoms with Crippen LogP contribution in [0.4, 0.5) is 0 Å². The SMILES string of the molecule is Br.BrC1c2ccccc2-c2ccccc21. The van der Waals surface area contributed by atoms with E-state index < -0.39 is 0 Å². The van der Waals surface area contributed by atoms with Crippen LogP contribution < -0.4 is 0 Å². The molecule has 1 aliphatic carbocycles. The van der Waals surface area contributed by atoms with Crippen LogP contribution in [0.3, 0.4) is 0 Å². The fourth-order valence-corrected chi connectivity index (χ4v) is 2.89. The number of hydrogen-bond donors (Lipinski definition) is 0. The third kappa shape index (κ3) is 1.56. The summed E-state index contributed by atoms with van der Waals surface area (Å²) >= 11 is 3.74. The zero-order chi connectivity index (χ0) is 9.54. The molecule has 3 rings (SSSR count). The van der Waals surface area contributed by atoms with Gasteiger partial charge in [-0.2, -0.15) is 0 Å². The minimum Gasteiger partial charge on any atom is -0.114 e. The molecule has 2 heteroatoms. The second-order valence-corrected chi connectivity index (χ2v) is 4.45. The van der Waals surface area contributed by atoms with Gasteiger partial charge in [0.2, 0.25) is 0 Å². The van der Waals surface area contributed by atoms with Gasteiger partial charge in [0.15, 0.2) is 0 Å². The lowest BCUT2D eigenvalue weighted by Gasteiger charge is -2.02. The van der Waals surface area contributed by atoms with Crippen LogP contribution in [0.25, 0.3) is 11.1 Å². The summed E-state index contributed by atoms with van der Waals surface area (Å²) in [6, 6.07) is 17.1. The molecule has 2 aromatic rings. The van der Waals surface area contributed by atoms with Gasteiger partial charge in [0.1, 0.15) is 0 Å². The van der Waals surface area contributed by atoms with Crippen molar-refractivity contribution in [3.63, 3.8) is 0 Å². The van der Waals surface area contributed by atoms with Gasteiger partial charge in [0, 0.05) is 0 Å². The molecule has 15 heavy (non-hydrogen) atoms. The highest BCUT2D eigenvalue weighted by Gasteiger charge is 2.25. The highest BCUT2D eigenvalue weighted by molar-refractivity contribution is 9.09. The predicted octanol–water partition coefficient (Wildman–Crippen LogP) is 4.73. The first-order valence-corrected chi connectivity index (χ1v) is 5.62. The monoisotopic (exact) mass is 324 g/mol. The number of benzene rings is 2. The van der Waals surface area contributed by atoms with E-state index in [0.717, 1.165) is 0 Å². The Morgan fingerprint density at radius 1 is 0.733 bits per heavy atom. The Labute approximate surface area is 108 Å². The van der Waals surface area contributed by atoms with Crippen molar-refractivity contribution in [3.8, 4) is 11.1 Å². The van der Waals surface area contributed by atoms with E-state index in [-0.39, 0.29) is 17.0 Å². The lowest BCUT2D eigenvalue weighted by Crippen LogP contribution is -1.83. The molecule has 0 atom stereocenters. The predicted molar refractivity (Wildman–Crippen MR) is 73.0 cm³/mol. The molecule has 2 aromatic carbocycles. The lowest BCUT2D eigenvalue weighted by atomic mass is 10.1. The van der Waals surface area contributed by atoms with E-state index >= 15 is 0 Å². The zero-order valence-electron chi connectivity index (χ0n) is 7.98. The molecule has 0 amide bonds. The molecule has 1 aliphatic rings. The molecule has 0 unspecified atom stereocenters. The molecule has 0 fully saturated rings. The molecule has 0 N–H and O–H groups in total. The summed E-state index contributed by atoms with van der Waals surface area (Å²) in [4.78, 5) is 0.370. The van der Waals surface area contributed by atoms with Gasteiger partial charge in [-0.1, -0.05) is 64.5 Å². The number of hydrogen-bond acceptors (Lipinski definition) is 0. The number of alkyl halides is 1. The maximum atomic E-state index is 3.74. The molecule has 0 saturated carbocycles. The smallest absolute Gasteiger partial charge is 0.0656 e. The van der Waals surface area contributed by atoms with Crippen LogP contribution in [0, 0.1) is 0 Å². The van der Waals surface area contributed by atoms with E-state index in [1.165, 1.54) is 22.3 Å². The quantitative estimate of drug-likeness (QED) is 0.614. The zero-order valence-corrected chi connectivity index (χ0v) is 11.3. The Morgan fingerprint density at radius 2 is 1.13 bits per heavy atom. The molecule has 0 spiro atoms. The van der Waals surface area contributed by atoms with Gasteiger partial charge in [-0.15, -0.1) is 17.0 Å². The van der Waals surface area contributed by atoms with Crippen molar-refractivity contribution < 1.29 is 0 Å². The Bertz CT molecular complexity index is 446. The lowest BCUT2D eigenvalue weighted by molar-refractivity contribution is 1.25. The van der Waals surface area contributed by atoms with Crippen molar-refractivity contribution >= 4 is 32.9 Å². The van der Waals surface area contributed by atoms with E-state index in [0.29, 0.717) is 4.83 Å². The maximum absolute atomic E-state index is 3.74. The van der Waals surface area contributed by atoms with E-state index in [1.54, 1.807) is 0 Å². The molecule has 0 saturated heterocycles. The van der Waals surface area contributed by atoms with Crippen LogP contribution >= 0.6 is 32.9 Å². The average molecular weight is 326 g/mol. The summed E-state index contributed by atoms with van der Waals surface area (Å²) < 4.78 is 0. The molecule has 76 valence electrons. The molecular weight excluding hydrogens is 316 g/mol. The second kappa shape index (κ2) is 4.11. The van der Waals surface area contributed by atoms with Crippen molar-refractivity contribution in [2.75, 3.05) is 0 Å². The maximum Gasteiger partial charge on any atom is 0.0656 e. The molecule has 0 aromatic heterocycles. The standard InChI is InChI=1S/C13H9Br.BrH/c14-13-11-7-3-1-5-9(11)10-6-2-4-8-12(10)13;/h1-8,13H;1H. The van der Waals surface area contributed by atoms with Gasteiger partial charge in [-0.25, -0.2) is 0 Å². The normalized spacial score (nSPS) is 12.9. The number of fused-ring (bicyclic) bond motifs is 3. The largest absolute Gasteiger partial charge is 0.114 e. The van der Waals surface area contributed by atoms with Crippen molar-refractivity contribution in [3.05, 3.63) is 59.7 Å². The van der Waals surface area contributed by atoms with Crippen molar-refractivity contribution in [2.45, 2.75) is 4.83 Å². The van der Waals surface area contributed by atoms with E-state index in [1.807, 2.05) is 0 Å². The van der Waals surface area contributed by atoms with Crippen LogP contribution in [0.2, 0.25) is 0 Å². The number of rotatable bonds is 0. The fraction of sp³-hybridized carbons (Fsp3) is 0.0769. The Hall–Kier alpha value is -0.600. The second-order valence-electron chi connectivity index (χ2n) is 3.54. The molecular formula is C13H10Br2. The summed E-state index contributed by atoms with van der Waals surface area (Å²) in [7, 11) is 0. The third-order valence-corrected chi connectivity index (χ3v) is 3.74. The Kier molecular flexibility index (Phi) is 2.98. The van der Waals surface area contributed by atoms with Gasteiger partial charge >= 0.3 is 0 Å². The summed E-state index contributed by atoms with van der Waals surface area (Å²) in [5, 5.41) is 0.